The average Bonchev–Trinajstić information content (AvgIpc) is 2.09. The molecular formula is C9H12N3O2W-. The molecule has 0 saturated heterocycles. The molecule has 0 unspecified atom stereocenters. The van der Waals surface area contributed by atoms with Crippen LogP contribution in [0.3, 0.4) is 0 Å². The molecule has 0 radical (unpaired) electrons. The van der Waals surface area contributed by atoms with Crippen molar-refractivity contribution in [1.82, 2.24) is 9.55 Å². The van der Waals surface area contributed by atoms with Crippen molar-refractivity contribution in [2.24, 2.45) is 0 Å². The van der Waals surface area contributed by atoms with Gasteiger partial charge in [-0.1, -0.05) is 0 Å². The Kier molecular flexibility index (Phi) is 4.88. The van der Waals surface area contributed by atoms with E-state index in [1.54, 1.807) is 13.8 Å². The van der Waals surface area contributed by atoms with Gasteiger partial charge in [0, 0.05) is 32.6 Å². The molecular weight excluding hydrogens is 366 g/mol. The third kappa shape index (κ3) is 2.99. The van der Waals surface area contributed by atoms with Crippen molar-refractivity contribution in [3.05, 3.63) is 27.5 Å². The molecule has 1 heterocycles. The normalized spacial score (nSPS) is 9.53. The Hall–Kier alpha value is -0.962. The fourth-order valence-corrected chi connectivity index (χ4v) is 1.18. The summed E-state index contributed by atoms with van der Waals surface area (Å²) in [5.74, 6) is -0.422. The van der Waals surface area contributed by atoms with E-state index in [1.165, 1.54) is 11.5 Å². The summed E-state index contributed by atoms with van der Waals surface area (Å²) in [5, 5.41) is 0. The van der Waals surface area contributed by atoms with Gasteiger partial charge in [-0.15, -0.1) is 0 Å². The quantitative estimate of drug-likeness (QED) is 0.775. The zero-order chi connectivity index (χ0) is 10.9. The second-order valence-corrected chi connectivity index (χ2v) is 3.22. The van der Waals surface area contributed by atoms with Gasteiger partial charge in [-0.25, -0.2) is 0 Å². The molecule has 0 amide bonds. The second-order valence-electron chi connectivity index (χ2n) is 3.22. The van der Waals surface area contributed by atoms with Gasteiger partial charge < -0.3 is 15.3 Å². The summed E-state index contributed by atoms with van der Waals surface area (Å²) in [7, 11) is 0. The third-order valence-corrected chi connectivity index (χ3v) is 2.04. The van der Waals surface area contributed by atoms with Gasteiger partial charge in [0.1, 0.15) is 5.78 Å². The van der Waals surface area contributed by atoms with Crippen LogP contribution in [0.2, 0.25) is 0 Å². The summed E-state index contributed by atoms with van der Waals surface area (Å²) >= 11 is 0. The standard InChI is InChI=1S/C9H12N3O2.W/c1-5(13)4-12-7(3)6(2)11-8(10)9(12)14;/h4H2,1-3H3,(H-,10,11);/q-1;. The van der Waals surface area contributed by atoms with E-state index in [1.807, 2.05) is 0 Å². The number of Topliss-reactive ketones (excluding diaryl/α,β-unsaturated/α-hetero) is 1. The molecule has 82 valence electrons. The Morgan fingerprint density at radius 1 is 1.47 bits per heavy atom. The van der Waals surface area contributed by atoms with Crippen LogP contribution in [0.25, 0.3) is 5.73 Å². The maximum absolute atomic E-state index is 11.4. The van der Waals surface area contributed by atoms with E-state index < -0.39 is 5.56 Å². The summed E-state index contributed by atoms with van der Waals surface area (Å²) in [4.78, 5) is 26.1. The predicted molar refractivity (Wildman–Crippen MR) is 52.6 cm³/mol. The number of carbonyl (C=O) groups excluding carboxylic acids is 1. The van der Waals surface area contributed by atoms with Gasteiger partial charge in [0.15, 0.2) is 0 Å². The first-order chi connectivity index (χ1) is 6.43. The van der Waals surface area contributed by atoms with Crippen molar-refractivity contribution in [2.45, 2.75) is 27.3 Å². The average molecular weight is 378 g/mol. The summed E-state index contributed by atoms with van der Waals surface area (Å²) < 4.78 is 1.28. The summed E-state index contributed by atoms with van der Waals surface area (Å²) in [5.41, 5.74) is 8.02. The van der Waals surface area contributed by atoms with E-state index in [2.05, 4.69) is 4.98 Å². The molecule has 0 atom stereocenters. The van der Waals surface area contributed by atoms with Crippen LogP contribution in [0.5, 0.6) is 0 Å². The molecule has 1 rings (SSSR count). The van der Waals surface area contributed by atoms with Crippen LogP contribution in [0.15, 0.2) is 4.79 Å². The van der Waals surface area contributed by atoms with Gasteiger partial charge in [0.05, 0.1) is 6.54 Å². The molecule has 1 aromatic rings. The number of aromatic nitrogens is 2. The molecule has 0 bridgehead atoms. The monoisotopic (exact) mass is 378 g/mol. The van der Waals surface area contributed by atoms with Crippen LogP contribution in [0, 0.1) is 13.8 Å². The fraction of sp³-hybridized carbons (Fsp3) is 0.444. The third-order valence-electron chi connectivity index (χ3n) is 2.04. The van der Waals surface area contributed by atoms with Crippen LogP contribution in [-0.2, 0) is 32.4 Å². The number of aryl methyl sites for hydroxylation is 1. The Labute approximate surface area is 102 Å². The van der Waals surface area contributed by atoms with Gasteiger partial charge in [-0.05, 0) is 26.5 Å². The molecule has 0 spiro atoms. The van der Waals surface area contributed by atoms with Gasteiger partial charge in [0.25, 0.3) is 0 Å². The number of carbonyl (C=O) groups is 1. The molecule has 6 heteroatoms. The minimum atomic E-state index is -0.511. The van der Waals surface area contributed by atoms with Gasteiger partial charge >= 0.3 is 0 Å². The Morgan fingerprint density at radius 2 is 2.00 bits per heavy atom. The second kappa shape index (κ2) is 5.21. The topological polar surface area (TPSA) is 75.8 Å². The van der Waals surface area contributed by atoms with Gasteiger partial charge in [-0.2, -0.15) is 0 Å². The molecule has 0 aliphatic rings. The zero-order valence-electron chi connectivity index (χ0n) is 8.83. The maximum Gasteiger partial charge on any atom is 0.249 e. The van der Waals surface area contributed by atoms with Crippen molar-refractivity contribution < 1.29 is 25.9 Å². The minimum Gasteiger partial charge on any atom is -0.478 e. The summed E-state index contributed by atoms with van der Waals surface area (Å²) in [6.07, 6.45) is 0. The van der Waals surface area contributed by atoms with E-state index in [4.69, 9.17) is 5.73 Å². The van der Waals surface area contributed by atoms with Crippen LogP contribution < -0.4 is 5.56 Å². The largest absolute Gasteiger partial charge is 0.478 e. The van der Waals surface area contributed by atoms with Crippen molar-refractivity contribution in [3.63, 3.8) is 0 Å². The van der Waals surface area contributed by atoms with E-state index in [-0.39, 0.29) is 39.2 Å². The smallest absolute Gasteiger partial charge is 0.249 e. The molecule has 0 fully saturated rings. The maximum atomic E-state index is 11.4. The van der Waals surface area contributed by atoms with E-state index in [0.29, 0.717) is 11.4 Å². The number of nitrogens with one attached hydrogen (secondary N) is 1. The Bertz CT molecular complexity index is 440. The van der Waals surface area contributed by atoms with E-state index in [9.17, 15) is 9.59 Å². The SMILES string of the molecule is CC(=O)Cn1c(C)c(C)nc([NH-])c1=O.[W]. The molecule has 0 saturated carbocycles. The molecule has 0 aliphatic heterocycles. The minimum absolute atomic E-state index is 0. The van der Waals surface area contributed by atoms with E-state index >= 15 is 0 Å². The molecule has 5 nitrogen and oxygen atoms in total. The number of hydrogen-bond acceptors (Lipinski definition) is 3. The number of hydrogen-bond donors (Lipinski definition) is 0. The first-order valence-corrected chi connectivity index (χ1v) is 4.22. The molecule has 0 aliphatic carbocycles. The van der Waals surface area contributed by atoms with Gasteiger partial charge in [-0.3, -0.25) is 9.59 Å². The van der Waals surface area contributed by atoms with Crippen molar-refractivity contribution in [1.29, 1.82) is 0 Å². The molecule has 1 N–H and O–H groups in total. The van der Waals surface area contributed by atoms with Crippen molar-refractivity contribution in [2.75, 3.05) is 0 Å². The van der Waals surface area contributed by atoms with Gasteiger partial charge in [0.2, 0.25) is 5.56 Å². The molecule has 0 aromatic carbocycles. The van der Waals surface area contributed by atoms with E-state index in [0.717, 1.165) is 0 Å². The molecule has 15 heavy (non-hydrogen) atoms. The molecule has 1 aromatic heterocycles. The summed E-state index contributed by atoms with van der Waals surface area (Å²) in [6.45, 7) is 4.85. The predicted octanol–water partition coefficient (Wildman–Crippen LogP) is 1.13. The first kappa shape index (κ1) is 14.0. The van der Waals surface area contributed by atoms with Crippen LogP contribution >= 0.6 is 0 Å². The number of rotatable bonds is 2. The zero-order valence-corrected chi connectivity index (χ0v) is 11.8. The summed E-state index contributed by atoms with van der Waals surface area (Å²) in [6, 6.07) is 0. The number of nitrogens with zero attached hydrogens (tertiary/aromatic N) is 2. The van der Waals surface area contributed by atoms with Crippen LogP contribution in [-0.4, -0.2) is 15.3 Å². The van der Waals surface area contributed by atoms with Crippen LogP contribution in [0.1, 0.15) is 18.3 Å². The fourth-order valence-electron chi connectivity index (χ4n) is 1.18. The van der Waals surface area contributed by atoms with Crippen LogP contribution in [0.4, 0.5) is 5.82 Å². The Balaban J connectivity index is 0.00000196. The Morgan fingerprint density at radius 3 is 2.47 bits per heavy atom. The van der Waals surface area contributed by atoms with Crippen molar-refractivity contribution in [3.8, 4) is 0 Å². The number of ketones is 1. The first-order valence-electron chi connectivity index (χ1n) is 4.22. The van der Waals surface area contributed by atoms with Crippen molar-refractivity contribution >= 4 is 11.6 Å².